The van der Waals surface area contributed by atoms with Crippen molar-refractivity contribution in [3.63, 3.8) is 0 Å². The van der Waals surface area contributed by atoms with Gasteiger partial charge in [0.05, 0.1) is 18.2 Å². The zero-order valence-corrected chi connectivity index (χ0v) is 10.8. The molecule has 1 aliphatic rings. The monoisotopic (exact) mass is 269 g/mol. The summed E-state index contributed by atoms with van der Waals surface area (Å²) in [5.41, 5.74) is 2.49. The Balaban J connectivity index is 2.16. The summed E-state index contributed by atoms with van der Waals surface area (Å²) in [4.78, 5) is 11.6. The van der Waals surface area contributed by atoms with Crippen LogP contribution in [-0.2, 0) is 4.79 Å². The van der Waals surface area contributed by atoms with Gasteiger partial charge in [0, 0.05) is 5.92 Å². The second-order valence-corrected chi connectivity index (χ2v) is 4.97. The van der Waals surface area contributed by atoms with E-state index >= 15 is 0 Å². The Kier molecular flexibility index (Phi) is 3.16. The number of hydroxylamine groups is 1. The lowest BCUT2D eigenvalue weighted by atomic mass is 9.77. The zero-order valence-electron chi connectivity index (χ0n) is 10.8. The number of hydrogen-bond acceptors (Lipinski definition) is 3. The van der Waals surface area contributed by atoms with Gasteiger partial charge in [-0.2, -0.15) is 0 Å². The number of carboxylic acid groups (broad SMARTS) is 1. The average Bonchev–Trinajstić information content (AvgIpc) is 2.48. The number of benzene rings is 2. The molecular formula is C16H15NO3. The Morgan fingerprint density at radius 1 is 1.05 bits per heavy atom. The molecule has 2 aromatic carbocycles. The maximum Gasteiger partial charge on any atom is 0.309 e. The molecule has 1 heterocycles. The summed E-state index contributed by atoms with van der Waals surface area (Å²) < 4.78 is 0. The summed E-state index contributed by atoms with van der Waals surface area (Å²) in [6.45, 7) is 0.0892. The number of nitrogens with zero attached hydrogens (tertiary/aromatic N) is 1. The highest BCUT2D eigenvalue weighted by atomic mass is 16.5. The highest BCUT2D eigenvalue weighted by molar-refractivity contribution is 5.76. The molecule has 1 aliphatic heterocycles. The van der Waals surface area contributed by atoms with E-state index in [1.165, 1.54) is 0 Å². The van der Waals surface area contributed by atoms with Crippen LogP contribution < -0.4 is 5.06 Å². The molecule has 102 valence electrons. The summed E-state index contributed by atoms with van der Waals surface area (Å²) in [7, 11) is 0. The van der Waals surface area contributed by atoms with E-state index in [9.17, 15) is 15.1 Å². The van der Waals surface area contributed by atoms with Crippen molar-refractivity contribution >= 4 is 11.7 Å². The van der Waals surface area contributed by atoms with Gasteiger partial charge >= 0.3 is 5.97 Å². The molecule has 0 bridgehead atoms. The van der Waals surface area contributed by atoms with E-state index in [-0.39, 0.29) is 12.5 Å². The summed E-state index contributed by atoms with van der Waals surface area (Å²) in [6, 6.07) is 17.0. The van der Waals surface area contributed by atoms with Gasteiger partial charge < -0.3 is 5.11 Å². The fourth-order valence-corrected chi connectivity index (χ4v) is 2.89. The van der Waals surface area contributed by atoms with Crippen LogP contribution in [0.15, 0.2) is 54.6 Å². The normalized spacial score (nSPS) is 21.4. The van der Waals surface area contributed by atoms with E-state index in [1.807, 2.05) is 54.6 Å². The molecule has 2 unspecified atom stereocenters. The Morgan fingerprint density at radius 3 is 2.40 bits per heavy atom. The van der Waals surface area contributed by atoms with Crippen LogP contribution in [0.5, 0.6) is 0 Å². The fourth-order valence-electron chi connectivity index (χ4n) is 2.89. The van der Waals surface area contributed by atoms with Gasteiger partial charge in [-0.15, -0.1) is 0 Å². The third-order valence-corrected chi connectivity index (χ3v) is 3.80. The van der Waals surface area contributed by atoms with Crippen LogP contribution in [0.1, 0.15) is 17.0 Å². The molecule has 0 radical (unpaired) electrons. The second kappa shape index (κ2) is 4.98. The number of carbonyl (C=O) groups is 1. The standard InChI is InChI=1S/C16H15NO3/c18-16(19)13-10-17(20)14-9-5-4-8-12(14)15(13)11-6-2-1-3-7-11/h1-9,13,15,20H,10H2,(H,18,19). The minimum absolute atomic E-state index is 0.0892. The van der Waals surface area contributed by atoms with Crippen molar-refractivity contribution in [2.75, 3.05) is 11.6 Å². The van der Waals surface area contributed by atoms with E-state index < -0.39 is 11.9 Å². The molecule has 0 saturated carbocycles. The molecule has 2 N–H and O–H groups in total. The molecule has 0 amide bonds. The second-order valence-electron chi connectivity index (χ2n) is 4.97. The van der Waals surface area contributed by atoms with Crippen LogP contribution in [0, 0.1) is 5.92 Å². The lowest BCUT2D eigenvalue weighted by Crippen LogP contribution is -2.40. The van der Waals surface area contributed by atoms with Gasteiger partial charge in [-0.3, -0.25) is 15.1 Å². The van der Waals surface area contributed by atoms with E-state index in [0.29, 0.717) is 5.69 Å². The smallest absolute Gasteiger partial charge is 0.309 e. The Morgan fingerprint density at radius 2 is 1.70 bits per heavy atom. The van der Waals surface area contributed by atoms with E-state index in [0.717, 1.165) is 16.2 Å². The number of para-hydroxylation sites is 1. The summed E-state index contributed by atoms with van der Waals surface area (Å²) in [5, 5.41) is 20.5. The van der Waals surface area contributed by atoms with Crippen molar-refractivity contribution in [1.29, 1.82) is 0 Å². The van der Waals surface area contributed by atoms with E-state index in [1.54, 1.807) is 0 Å². The minimum Gasteiger partial charge on any atom is -0.481 e. The summed E-state index contributed by atoms with van der Waals surface area (Å²) >= 11 is 0. The number of hydrogen-bond donors (Lipinski definition) is 2. The third-order valence-electron chi connectivity index (χ3n) is 3.80. The van der Waals surface area contributed by atoms with Crippen molar-refractivity contribution < 1.29 is 15.1 Å². The van der Waals surface area contributed by atoms with Crippen LogP contribution in [0.25, 0.3) is 0 Å². The van der Waals surface area contributed by atoms with Crippen molar-refractivity contribution in [2.24, 2.45) is 5.92 Å². The number of fused-ring (bicyclic) bond motifs is 1. The van der Waals surface area contributed by atoms with Crippen molar-refractivity contribution in [3.8, 4) is 0 Å². The SMILES string of the molecule is O=C(O)C1CN(O)c2ccccc2C1c1ccccc1. The van der Waals surface area contributed by atoms with Crippen LogP contribution in [0.2, 0.25) is 0 Å². The predicted molar refractivity (Wildman–Crippen MR) is 75.0 cm³/mol. The Bertz CT molecular complexity index is 627. The van der Waals surface area contributed by atoms with Crippen LogP contribution in [0.3, 0.4) is 0 Å². The minimum atomic E-state index is -0.896. The first-order chi connectivity index (χ1) is 9.68. The number of rotatable bonds is 2. The highest BCUT2D eigenvalue weighted by Crippen LogP contribution is 2.41. The fraction of sp³-hybridized carbons (Fsp3) is 0.188. The van der Waals surface area contributed by atoms with Gasteiger partial charge in [0.1, 0.15) is 0 Å². The molecule has 4 heteroatoms. The summed E-state index contributed by atoms with van der Waals surface area (Å²) in [6.07, 6.45) is 0. The molecule has 0 aromatic heterocycles. The first-order valence-electron chi connectivity index (χ1n) is 6.51. The first kappa shape index (κ1) is 12.7. The van der Waals surface area contributed by atoms with Crippen LogP contribution in [-0.4, -0.2) is 22.8 Å². The topological polar surface area (TPSA) is 60.8 Å². The molecule has 20 heavy (non-hydrogen) atoms. The highest BCUT2D eigenvalue weighted by Gasteiger charge is 2.38. The van der Waals surface area contributed by atoms with Gasteiger partial charge in [-0.25, -0.2) is 0 Å². The summed E-state index contributed by atoms with van der Waals surface area (Å²) in [5.74, 6) is -1.81. The van der Waals surface area contributed by atoms with Gasteiger partial charge in [-0.05, 0) is 17.2 Å². The van der Waals surface area contributed by atoms with E-state index in [2.05, 4.69) is 0 Å². The molecular weight excluding hydrogens is 254 g/mol. The van der Waals surface area contributed by atoms with Gasteiger partial charge in [0.2, 0.25) is 0 Å². The number of aliphatic carboxylic acids is 1. The average molecular weight is 269 g/mol. The van der Waals surface area contributed by atoms with Crippen LogP contribution in [0.4, 0.5) is 5.69 Å². The van der Waals surface area contributed by atoms with E-state index in [4.69, 9.17) is 0 Å². The Hall–Kier alpha value is -2.33. The lowest BCUT2D eigenvalue weighted by Gasteiger charge is -2.36. The quantitative estimate of drug-likeness (QED) is 0.880. The van der Waals surface area contributed by atoms with Gasteiger partial charge in [0.15, 0.2) is 0 Å². The van der Waals surface area contributed by atoms with Crippen molar-refractivity contribution in [2.45, 2.75) is 5.92 Å². The molecule has 0 spiro atoms. The zero-order chi connectivity index (χ0) is 14.1. The number of anilines is 1. The molecule has 2 aromatic rings. The molecule has 0 aliphatic carbocycles. The molecule has 3 rings (SSSR count). The predicted octanol–water partition coefficient (Wildman–Crippen LogP) is 2.73. The maximum absolute atomic E-state index is 11.6. The largest absolute Gasteiger partial charge is 0.481 e. The first-order valence-corrected chi connectivity index (χ1v) is 6.51. The van der Waals surface area contributed by atoms with Gasteiger partial charge in [-0.1, -0.05) is 48.5 Å². The molecule has 4 nitrogen and oxygen atoms in total. The third kappa shape index (κ3) is 2.04. The molecule has 0 saturated heterocycles. The number of carboxylic acids is 1. The van der Waals surface area contributed by atoms with Crippen molar-refractivity contribution in [1.82, 2.24) is 0 Å². The maximum atomic E-state index is 11.6. The van der Waals surface area contributed by atoms with Crippen LogP contribution >= 0.6 is 0 Å². The van der Waals surface area contributed by atoms with Crippen molar-refractivity contribution in [3.05, 3.63) is 65.7 Å². The molecule has 0 fully saturated rings. The van der Waals surface area contributed by atoms with Gasteiger partial charge in [0.25, 0.3) is 0 Å². The lowest BCUT2D eigenvalue weighted by molar-refractivity contribution is -0.142. The molecule has 2 atom stereocenters. The Labute approximate surface area is 116 Å².